The molecule has 3 heteroatoms. The number of anilines is 6. The Labute approximate surface area is 773 Å². The van der Waals surface area contributed by atoms with Crippen LogP contribution in [0.25, 0.3) is 143 Å². The molecular weight excluding hydrogens is 1600 g/mol. The highest BCUT2D eigenvalue weighted by atomic mass is 32.1. The summed E-state index contributed by atoms with van der Waals surface area (Å²) < 4.78 is 2.67. The molecule has 0 unspecified atom stereocenters. The standard InChI is InChI=1S/C64H49NS.C64H51N/c1-2-12-43(13-3-1)44-24-30-49(31-25-44)65(51-34-28-46(29-35-51)53-18-10-21-59-56-17-7-9-23-61(56)66-63(53)59)50-32-26-45(27-33-50)52-14-4-5-15-54(52)57-19-11-20-58-55-16-6-8-22-60(55)64(62(57)58)47-37-41-36-42(39-47)40-48(64)38-41;1-3-13-45(14-4-1)47-25-27-48(28-26-47)50-31-35-55(36-32-50)65(54-33-29-49(30-34-54)46-15-5-2-6-16-46)56-18-11-17-51(42-56)57-19-7-8-20-58(57)60-22-12-23-61-59-21-9-10-24-62(59)64(63(60)61)52-38-43-37-44(40-52)41-53(64)39-43/h1-35,41-42,47-48H,36-40H2;1-36,42-44,52-53H,37-41H2. The SMILES string of the molecule is c1ccc(-c2ccc(-c3ccc(N(c4ccc(-c5ccccc5)cc4)c4cccc(-c5ccccc5-c5cccc6c5C5(c7ccccc7-6)C6CC7CC(C6)CC5C7)c4)cc3)cc2)cc1.c1ccc(-c2ccc(N(c3ccc(-c4ccccc4-c4cccc5c4C4(c6ccccc6-5)C5CC6CC(C5)CC4C6)cc3)c3ccc(-c4cccc5c4sc4ccccc45)cc3)cc2)cc1. The predicted molar refractivity (Wildman–Crippen MR) is 551 cm³/mol. The Morgan fingerprint density at radius 3 is 0.863 bits per heavy atom. The summed E-state index contributed by atoms with van der Waals surface area (Å²) in [7, 11) is 0. The molecule has 131 heavy (non-hydrogen) atoms. The molecule has 0 saturated heterocycles. The number of fused-ring (bicyclic) bond motifs is 9. The van der Waals surface area contributed by atoms with E-state index in [0.717, 1.165) is 69.6 Å². The average Bonchev–Trinajstić information content (AvgIpc) is 1.54. The van der Waals surface area contributed by atoms with E-state index in [1.165, 1.54) is 207 Å². The monoisotopic (exact) mass is 1700 g/mol. The first-order chi connectivity index (χ1) is 64.9. The van der Waals surface area contributed by atoms with Crippen molar-refractivity contribution in [1.29, 1.82) is 0 Å². The van der Waals surface area contributed by atoms with E-state index in [0.29, 0.717) is 11.8 Å². The van der Waals surface area contributed by atoms with Crippen molar-refractivity contribution in [3.05, 3.63) is 459 Å². The van der Waals surface area contributed by atoms with Crippen LogP contribution in [0.3, 0.4) is 0 Å². The molecule has 29 rings (SSSR count). The van der Waals surface area contributed by atoms with Crippen LogP contribution in [0.15, 0.2) is 437 Å². The van der Waals surface area contributed by atoms with Gasteiger partial charge in [-0.25, -0.2) is 0 Å². The van der Waals surface area contributed by atoms with Gasteiger partial charge in [0, 0.05) is 65.1 Å². The van der Waals surface area contributed by atoms with Crippen LogP contribution in [-0.4, -0.2) is 0 Å². The summed E-state index contributed by atoms with van der Waals surface area (Å²) in [6.07, 6.45) is 14.0. The summed E-state index contributed by atoms with van der Waals surface area (Å²) in [5.41, 5.74) is 42.2. The second kappa shape index (κ2) is 31.9. The molecule has 19 aromatic rings. The van der Waals surface area contributed by atoms with E-state index >= 15 is 0 Å². The lowest BCUT2D eigenvalue weighted by molar-refractivity contribution is -0.0397. The van der Waals surface area contributed by atoms with Crippen LogP contribution in [0.2, 0.25) is 0 Å². The fourth-order valence-corrected chi connectivity index (χ4v) is 28.5. The van der Waals surface area contributed by atoms with Gasteiger partial charge < -0.3 is 9.80 Å². The highest BCUT2D eigenvalue weighted by Crippen LogP contribution is 2.73. The van der Waals surface area contributed by atoms with Crippen molar-refractivity contribution in [2.45, 2.75) is 75.0 Å². The minimum Gasteiger partial charge on any atom is -0.311 e. The topological polar surface area (TPSA) is 6.48 Å². The summed E-state index contributed by atoms with van der Waals surface area (Å²) in [6.45, 7) is 0. The zero-order valence-electron chi connectivity index (χ0n) is 73.6. The Morgan fingerprint density at radius 1 is 0.183 bits per heavy atom. The van der Waals surface area contributed by atoms with E-state index in [1.54, 1.807) is 22.3 Å². The van der Waals surface area contributed by atoms with E-state index in [2.05, 4.69) is 447 Å². The third-order valence-corrected chi connectivity index (χ3v) is 33.4. The van der Waals surface area contributed by atoms with Gasteiger partial charge in [-0.05, 0) is 335 Å². The van der Waals surface area contributed by atoms with E-state index < -0.39 is 0 Å². The molecule has 2 spiro atoms. The lowest BCUT2D eigenvalue weighted by atomic mass is 9.42. The smallest absolute Gasteiger partial charge is 0.0467 e. The lowest BCUT2D eigenvalue weighted by Crippen LogP contribution is -2.55. The summed E-state index contributed by atoms with van der Waals surface area (Å²) in [5.74, 6) is 6.48. The van der Waals surface area contributed by atoms with Gasteiger partial charge in [-0.15, -0.1) is 11.3 Å². The van der Waals surface area contributed by atoms with Gasteiger partial charge in [0.15, 0.2) is 0 Å². The maximum atomic E-state index is 2.51. The first-order valence-electron chi connectivity index (χ1n) is 47.9. The quantitative estimate of drug-likeness (QED) is 0.101. The van der Waals surface area contributed by atoms with Gasteiger partial charge in [0.2, 0.25) is 0 Å². The second-order valence-corrected chi connectivity index (χ2v) is 39.9. The number of hydrogen-bond acceptors (Lipinski definition) is 3. The van der Waals surface area contributed by atoms with Crippen LogP contribution in [-0.2, 0) is 10.8 Å². The molecule has 628 valence electrons. The molecule has 18 aromatic carbocycles. The minimum absolute atomic E-state index is 0.0870. The Hall–Kier alpha value is -14.2. The van der Waals surface area contributed by atoms with Crippen molar-refractivity contribution in [3.63, 3.8) is 0 Å². The Bertz CT molecular complexity index is 7500. The maximum Gasteiger partial charge on any atom is 0.0467 e. The molecule has 10 aliphatic rings. The summed E-state index contributed by atoms with van der Waals surface area (Å²) in [5, 5.41) is 2.66. The average molecular weight is 1700 g/mol. The van der Waals surface area contributed by atoms with Crippen molar-refractivity contribution < 1.29 is 0 Å². The number of benzene rings is 18. The molecule has 2 nitrogen and oxygen atoms in total. The van der Waals surface area contributed by atoms with Crippen LogP contribution in [0.4, 0.5) is 34.1 Å². The van der Waals surface area contributed by atoms with Crippen molar-refractivity contribution >= 4 is 65.6 Å². The third-order valence-electron chi connectivity index (χ3n) is 32.2. The molecule has 10 aliphatic carbocycles. The molecule has 8 bridgehead atoms. The molecular formula is C128H100N2S. The van der Waals surface area contributed by atoms with Crippen molar-refractivity contribution in [1.82, 2.24) is 0 Å². The Morgan fingerprint density at radius 2 is 0.450 bits per heavy atom. The zero-order valence-corrected chi connectivity index (χ0v) is 74.4. The Kier molecular flexibility index (Phi) is 18.9. The van der Waals surface area contributed by atoms with Gasteiger partial charge in [-0.2, -0.15) is 0 Å². The molecule has 1 aromatic heterocycles. The van der Waals surface area contributed by atoms with Crippen molar-refractivity contribution in [2.24, 2.45) is 47.3 Å². The largest absolute Gasteiger partial charge is 0.311 e. The van der Waals surface area contributed by atoms with Crippen LogP contribution in [0, 0.1) is 47.3 Å². The molecule has 8 fully saturated rings. The normalized spacial score (nSPS) is 21.0. The van der Waals surface area contributed by atoms with Crippen molar-refractivity contribution in [3.8, 4) is 122 Å². The predicted octanol–water partition coefficient (Wildman–Crippen LogP) is 35.1. The molecule has 1 heterocycles. The zero-order chi connectivity index (χ0) is 86.2. The number of rotatable bonds is 15. The van der Waals surface area contributed by atoms with E-state index in [9.17, 15) is 0 Å². The molecule has 8 saturated carbocycles. The summed E-state index contributed by atoms with van der Waals surface area (Å²) in [6, 6.07) is 163. The van der Waals surface area contributed by atoms with Gasteiger partial charge in [-0.1, -0.05) is 358 Å². The molecule has 0 radical (unpaired) electrons. The van der Waals surface area contributed by atoms with Gasteiger partial charge in [-0.3, -0.25) is 0 Å². The number of nitrogens with zero attached hydrogens (tertiary/aromatic N) is 2. The fourth-order valence-electron chi connectivity index (χ4n) is 27.2. The number of hydrogen-bond donors (Lipinski definition) is 0. The summed E-state index contributed by atoms with van der Waals surface area (Å²) >= 11 is 1.89. The Balaban J connectivity index is 0.000000138. The molecule has 0 aliphatic heterocycles. The van der Waals surface area contributed by atoms with Gasteiger partial charge in [0.05, 0.1) is 0 Å². The molecule has 0 amide bonds. The van der Waals surface area contributed by atoms with Gasteiger partial charge in [0.1, 0.15) is 0 Å². The fraction of sp³-hybridized carbons (Fsp3) is 0.156. The molecule has 0 atom stereocenters. The van der Waals surface area contributed by atoms with Crippen molar-refractivity contribution in [2.75, 3.05) is 9.80 Å². The number of thiophene rings is 1. The third kappa shape index (κ3) is 12.9. The highest BCUT2D eigenvalue weighted by molar-refractivity contribution is 7.26. The first-order valence-corrected chi connectivity index (χ1v) is 48.7. The second-order valence-electron chi connectivity index (χ2n) is 38.9. The van der Waals surface area contributed by atoms with E-state index in [1.807, 2.05) is 11.3 Å². The van der Waals surface area contributed by atoms with Crippen LogP contribution >= 0.6 is 11.3 Å². The van der Waals surface area contributed by atoms with Crippen LogP contribution in [0.1, 0.15) is 86.5 Å². The minimum atomic E-state index is 0.0870. The molecule has 0 N–H and O–H groups in total. The van der Waals surface area contributed by atoms with Gasteiger partial charge in [0.25, 0.3) is 0 Å². The van der Waals surface area contributed by atoms with E-state index in [4.69, 9.17) is 0 Å². The first kappa shape index (κ1) is 77.9. The van der Waals surface area contributed by atoms with E-state index in [-0.39, 0.29) is 10.8 Å². The maximum absolute atomic E-state index is 2.51. The lowest BCUT2D eigenvalue weighted by Gasteiger charge is -2.61. The van der Waals surface area contributed by atoms with Crippen LogP contribution < -0.4 is 9.80 Å². The van der Waals surface area contributed by atoms with Gasteiger partial charge >= 0.3 is 0 Å². The highest BCUT2D eigenvalue weighted by Gasteiger charge is 2.64. The summed E-state index contributed by atoms with van der Waals surface area (Å²) in [4.78, 5) is 4.83. The van der Waals surface area contributed by atoms with Crippen LogP contribution in [0.5, 0.6) is 0 Å².